The third-order valence-electron chi connectivity index (χ3n) is 6.59. The van der Waals surface area contributed by atoms with Crippen molar-refractivity contribution in [2.75, 3.05) is 37.9 Å². The van der Waals surface area contributed by atoms with Gasteiger partial charge in [-0.3, -0.25) is 14.4 Å². The SMILES string of the molecule is CCOc1ccc(N2C(=O)[C@H]3[C@@H](c4ccc(OC)c(OC)c4OC)N(c4ccccc4)O[C@H]3C2=O)cc1. The molecule has 2 amide bonds. The van der Waals surface area contributed by atoms with Crippen molar-refractivity contribution in [3.8, 4) is 23.0 Å². The molecule has 5 rings (SSSR count). The largest absolute Gasteiger partial charge is 0.494 e. The Morgan fingerprint density at radius 3 is 2.11 bits per heavy atom. The monoisotopic (exact) mass is 504 g/mol. The van der Waals surface area contributed by atoms with Gasteiger partial charge in [0, 0.05) is 5.56 Å². The predicted octanol–water partition coefficient (Wildman–Crippen LogP) is 4.16. The second-order valence-electron chi connectivity index (χ2n) is 8.52. The van der Waals surface area contributed by atoms with Crippen LogP contribution in [0.1, 0.15) is 18.5 Å². The van der Waals surface area contributed by atoms with Gasteiger partial charge in [0.15, 0.2) is 17.6 Å². The van der Waals surface area contributed by atoms with E-state index in [0.29, 0.717) is 46.5 Å². The van der Waals surface area contributed by atoms with E-state index in [1.165, 1.54) is 26.2 Å². The Kier molecular flexibility index (Phi) is 6.62. The highest BCUT2D eigenvalue weighted by Crippen LogP contribution is 2.52. The van der Waals surface area contributed by atoms with E-state index < -0.39 is 24.0 Å². The average Bonchev–Trinajstić information content (AvgIpc) is 3.44. The molecule has 0 radical (unpaired) electrons. The molecule has 0 N–H and O–H groups in total. The van der Waals surface area contributed by atoms with Gasteiger partial charge in [0.25, 0.3) is 5.91 Å². The molecule has 37 heavy (non-hydrogen) atoms. The number of methoxy groups -OCH3 is 3. The van der Waals surface area contributed by atoms with Gasteiger partial charge in [-0.15, -0.1) is 0 Å². The number of carbonyl (C=O) groups is 2. The summed E-state index contributed by atoms with van der Waals surface area (Å²) in [5.74, 6) is 0.309. The van der Waals surface area contributed by atoms with E-state index in [0.717, 1.165) is 0 Å². The quantitative estimate of drug-likeness (QED) is 0.423. The molecular formula is C28H28N2O7. The van der Waals surface area contributed by atoms with Gasteiger partial charge in [-0.1, -0.05) is 18.2 Å². The average molecular weight is 505 g/mol. The summed E-state index contributed by atoms with van der Waals surface area (Å²) >= 11 is 0. The van der Waals surface area contributed by atoms with Crippen molar-refractivity contribution in [1.82, 2.24) is 0 Å². The van der Waals surface area contributed by atoms with Crippen LogP contribution >= 0.6 is 0 Å². The molecule has 2 heterocycles. The number of imide groups is 1. The van der Waals surface area contributed by atoms with Crippen molar-refractivity contribution < 1.29 is 33.4 Å². The minimum Gasteiger partial charge on any atom is -0.494 e. The summed E-state index contributed by atoms with van der Waals surface area (Å²) < 4.78 is 22.3. The number of benzene rings is 3. The molecule has 2 saturated heterocycles. The molecular weight excluding hydrogens is 476 g/mol. The third-order valence-corrected chi connectivity index (χ3v) is 6.59. The van der Waals surface area contributed by atoms with Crippen LogP contribution in [0.4, 0.5) is 11.4 Å². The first-order chi connectivity index (χ1) is 18.0. The van der Waals surface area contributed by atoms with Gasteiger partial charge < -0.3 is 18.9 Å². The lowest BCUT2D eigenvalue weighted by Gasteiger charge is -2.30. The first-order valence-electron chi connectivity index (χ1n) is 11.9. The molecule has 2 fully saturated rings. The number of fused-ring (bicyclic) bond motifs is 1. The number of hydrogen-bond acceptors (Lipinski definition) is 8. The molecule has 9 nitrogen and oxygen atoms in total. The Balaban J connectivity index is 1.61. The second-order valence-corrected chi connectivity index (χ2v) is 8.52. The van der Waals surface area contributed by atoms with Crippen molar-refractivity contribution in [1.29, 1.82) is 0 Å². The van der Waals surface area contributed by atoms with Crippen LogP contribution in [0.15, 0.2) is 66.7 Å². The van der Waals surface area contributed by atoms with Gasteiger partial charge in [0.1, 0.15) is 17.7 Å². The van der Waals surface area contributed by atoms with Crippen molar-refractivity contribution in [2.24, 2.45) is 5.92 Å². The number of rotatable bonds is 8. The lowest BCUT2D eigenvalue weighted by Crippen LogP contribution is -2.37. The smallest absolute Gasteiger partial charge is 0.266 e. The molecule has 192 valence electrons. The number of ether oxygens (including phenoxy) is 4. The number of hydroxylamine groups is 1. The second kappa shape index (κ2) is 10.0. The maximum Gasteiger partial charge on any atom is 0.266 e. The number of amides is 2. The lowest BCUT2D eigenvalue weighted by molar-refractivity contribution is -0.126. The van der Waals surface area contributed by atoms with E-state index >= 15 is 0 Å². The van der Waals surface area contributed by atoms with Crippen LogP contribution in [-0.2, 0) is 14.4 Å². The maximum absolute atomic E-state index is 13.9. The summed E-state index contributed by atoms with van der Waals surface area (Å²) in [7, 11) is 4.58. The highest BCUT2D eigenvalue weighted by Gasteiger charge is 2.61. The lowest BCUT2D eigenvalue weighted by atomic mass is 9.89. The molecule has 3 aromatic carbocycles. The van der Waals surface area contributed by atoms with Gasteiger partial charge in [0.05, 0.1) is 39.3 Å². The van der Waals surface area contributed by atoms with Gasteiger partial charge >= 0.3 is 0 Å². The Hall–Kier alpha value is -4.24. The number of para-hydroxylation sites is 1. The zero-order valence-electron chi connectivity index (χ0n) is 21.0. The van der Waals surface area contributed by atoms with Gasteiger partial charge in [-0.25, -0.2) is 9.96 Å². The summed E-state index contributed by atoms with van der Waals surface area (Å²) in [6, 6.07) is 19.1. The third kappa shape index (κ3) is 4.01. The Bertz CT molecular complexity index is 1300. The van der Waals surface area contributed by atoms with E-state index in [-0.39, 0.29) is 5.91 Å². The molecule has 9 heteroatoms. The Morgan fingerprint density at radius 2 is 1.49 bits per heavy atom. The minimum atomic E-state index is -1.01. The molecule has 0 unspecified atom stereocenters. The first kappa shape index (κ1) is 24.5. The Morgan fingerprint density at radius 1 is 0.784 bits per heavy atom. The molecule has 2 aliphatic rings. The summed E-state index contributed by atoms with van der Waals surface area (Å²) in [4.78, 5) is 34.9. The van der Waals surface area contributed by atoms with Crippen LogP contribution in [0.25, 0.3) is 0 Å². The normalized spacial score (nSPS) is 20.7. The van der Waals surface area contributed by atoms with Crippen molar-refractivity contribution in [3.05, 3.63) is 72.3 Å². The number of nitrogens with zero attached hydrogens (tertiary/aromatic N) is 2. The van der Waals surface area contributed by atoms with E-state index in [4.69, 9.17) is 23.8 Å². The number of carbonyl (C=O) groups excluding carboxylic acids is 2. The summed E-state index contributed by atoms with van der Waals surface area (Å²) in [5, 5.41) is 1.62. The van der Waals surface area contributed by atoms with Crippen molar-refractivity contribution in [3.63, 3.8) is 0 Å². The fourth-order valence-corrected chi connectivity index (χ4v) is 5.00. The van der Waals surface area contributed by atoms with E-state index in [9.17, 15) is 9.59 Å². The summed E-state index contributed by atoms with van der Waals surface area (Å²) in [6.07, 6.45) is -1.01. The molecule has 3 aromatic rings. The van der Waals surface area contributed by atoms with Gasteiger partial charge in [-0.05, 0) is 55.5 Å². The van der Waals surface area contributed by atoms with Crippen LogP contribution in [0.5, 0.6) is 23.0 Å². The van der Waals surface area contributed by atoms with E-state index in [1.54, 1.807) is 35.4 Å². The number of anilines is 2. The van der Waals surface area contributed by atoms with Crippen LogP contribution in [-0.4, -0.2) is 45.9 Å². The predicted molar refractivity (Wildman–Crippen MR) is 136 cm³/mol. The van der Waals surface area contributed by atoms with Crippen molar-refractivity contribution >= 4 is 23.2 Å². The van der Waals surface area contributed by atoms with Crippen LogP contribution in [0, 0.1) is 5.92 Å². The van der Waals surface area contributed by atoms with Crippen LogP contribution in [0.3, 0.4) is 0 Å². The highest BCUT2D eigenvalue weighted by atomic mass is 16.7. The highest BCUT2D eigenvalue weighted by molar-refractivity contribution is 6.24. The standard InChI is InChI=1S/C28H28N2O7/c1-5-36-19-13-11-17(12-14-19)29-27(31)22-23(20-15-16-21(33-2)25(35-4)24(20)34-3)30(37-26(22)28(29)32)18-9-7-6-8-10-18/h6-16,22-23,26H,5H2,1-4H3/t22-,23+,26+/m0/s1. The van der Waals surface area contributed by atoms with Crippen molar-refractivity contribution in [2.45, 2.75) is 19.1 Å². The van der Waals surface area contributed by atoms with E-state index in [2.05, 4.69) is 0 Å². The maximum atomic E-state index is 13.9. The molecule has 0 aliphatic carbocycles. The molecule has 0 bridgehead atoms. The Labute approximate surface area is 215 Å². The van der Waals surface area contributed by atoms with E-state index in [1.807, 2.05) is 43.3 Å². The molecule has 0 aromatic heterocycles. The number of hydrogen-bond donors (Lipinski definition) is 0. The fraction of sp³-hybridized carbons (Fsp3) is 0.286. The van der Waals surface area contributed by atoms with Gasteiger partial charge in [-0.2, -0.15) is 0 Å². The van der Waals surface area contributed by atoms with Crippen LogP contribution in [0.2, 0.25) is 0 Å². The zero-order chi connectivity index (χ0) is 26.1. The minimum absolute atomic E-state index is 0.362. The summed E-state index contributed by atoms with van der Waals surface area (Å²) in [6.45, 7) is 2.41. The molecule has 0 spiro atoms. The molecule has 0 saturated carbocycles. The molecule has 3 atom stereocenters. The van der Waals surface area contributed by atoms with Gasteiger partial charge in [0.2, 0.25) is 11.7 Å². The first-order valence-corrected chi connectivity index (χ1v) is 11.9. The topological polar surface area (TPSA) is 86.8 Å². The summed E-state index contributed by atoms with van der Waals surface area (Å²) in [5.41, 5.74) is 1.79. The zero-order valence-corrected chi connectivity index (χ0v) is 21.0. The van der Waals surface area contributed by atoms with Crippen LogP contribution < -0.4 is 28.9 Å². The fourth-order valence-electron chi connectivity index (χ4n) is 5.00. The molecule has 2 aliphatic heterocycles.